The quantitative estimate of drug-likeness (QED) is 0.853. The summed E-state index contributed by atoms with van der Waals surface area (Å²) in [7, 11) is 0. The molecule has 2 rings (SSSR count). The molecule has 1 heterocycles. The maximum atomic E-state index is 11.7. The van der Waals surface area contributed by atoms with Crippen LogP contribution in [-0.2, 0) is 5.41 Å². The molecule has 0 bridgehead atoms. The third kappa shape index (κ3) is 3.22. The van der Waals surface area contributed by atoms with Crippen LogP contribution in [0.15, 0.2) is 16.8 Å². The SMILES string of the molecule is CC(C)(C)NC(=O)NCC1(c2ccsc2)CC1. The Morgan fingerprint density at radius 1 is 1.47 bits per heavy atom. The molecule has 0 aliphatic heterocycles. The van der Waals surface area contributed by atoms with Crippen molar-refractivity contribution in [1.82, 2.24) is 10.6 Å². The standard InChI is InChI=1S/C13H20N2OS/c1-12(2,3)15-11(16)14-9-13(5-6-13)10-4-7-17-8-10/h4,7-8H,5-6,9H2,1-3H3,(H2,14,15,16). The predicted molar refractivity (Wildman–Crippen MR) is 71.5 cm³/mol. The van der Waals surface area contributed by atoms with Gasteiger partial charge >= 0.3 is 6.03 Å². The normalized spacial score (nSPS) is 17.6. The summed E-state index contributed by atoms with van der Waals surface area (Å²) >= 11 is 1.72. The van der Waals surface area contributed by atoms with E-state index in [4.69, 9.17) is 0 Å². The summed E-state index contributed by atoms with van der Waals surface area (Å²) in [5, 5.41) is 10.2. The molecule has 2 amide bonds. The summed E-state index contributed by atoms with van der Waals surface area (Å²) in [6, 6.07) is 2.10. The number of hydrogen-bond donors (Lipinski definition) is 2. The van der Waals surface area contributed by atoms with Gasteiger partial charge in [0, 0.05) is 17.5 Å². The monoisotopic (exact) mass is 252 g/mol. The molecule has 0 atom stereocenters. The average molecular weight is 252 g/mol. The molecule has 0 unspecified atom stereocenters. The third-order valence-corrected chi connectivity index (χ3v) is 3.75. The van der Waals surface area contributed by atoms with Gasteiger partial charge in [-0.25, -0.2) is 4.79 Å². The van der Waals surface area contributed by atoms with E-state index in [1.54, 1.807) is 11.3 Å². The fourth-order valence-electron chi connectivity index (χ4n) is 1.92. The maximum Gasteiger partial charge on any atom is 0.315 e. The largest absolute Gasteiger partial charge is 0.337 e. The van der Waals surface area contributed by atoms with Crippen LogP contribution >= 0.6 is 11.3 Å². The molecule has 3 nitrogen and oxygen atoms in total. The number of nitrogens with one attached hydrogen (secondary N) is 2. The first-order valence-electron chi connectivity index (χ1n) is 6.00. The van der Waals surface area contributed by atoms with Crippen molar-refractivity contribution < 1.29 is 4.79 Å². The van der Waals surface area contributed by atoms with Crippen molar-refractivity contribution >= 4 is 17.4 Å². The molecular weight excluding hydrogens is 232 g/mol. The van der Waals surface area contributed by atoms with Crippen LogP contribution in [0.25, 0.3) is 0 Å². The van der Waals surface area contributed by atoms with Crippen LogP contribution in [-0.4, -0.2) is 18.1 Å². The Labute approximate surface area is 107 Å². The van der Waals surface area contributed by atoms with Crippen molar-refractivity contribution in [3.05, 3.63) is 22.4 Å². The number of urea groups is 1. The molecule has 4 heteroatoms. The fourth-order valence-corrected chi connectivity index (χ4v) is 2.70. The molecule has 1 aliphatic carbocycles. The molecule has 0 radical (unpaired) electrons. The number of carbonyl (C=O) groups excluding carboxylic acids is 1. The number of hydrogen-bond acceptors (Lipinski definition) is 2. The number of carbonyl (C=O) groups is 1. The summed E-state index contributed by atoms with van der Waals surface area (Å²) in [6.07, 6.45) is 2.36. The first kappa shape index (κ1) is 12.4. The lowest BCUT2D eigenvalue weighted by Crippen LogP contribution is -2.48. The smallest absolute Gasteiger partial charge is 0.315 e. The van der Waals surface area contributed by atoms with Crippen molar-refractivity contribution in [3.8, 4) is 0 Å². The molecule has 0 aromatic carbocycles. The lowest BCUT2D eigenvalue weighted by Gasteiger charge is -2.22. The minimum Gasteiger partial charge on any atom is -0.337 e. The average Bonchev–Trinajstić information content (AvgIpc) is 2.78. The van der Waals surface area contributed by atoms with E-state index in [9.17, 15) is 4.79 Å². The minimum atomic E-state index is -0.177. The second-order valence-corrected chi connectivity index (χ2v) is 6.63. The number of rotatable bonds is 3. The van der Waals surface area contributed by atoms with E-state index in [1.807, 2.05) is 20.8 Å². The maximum absolute atomic E-state index is 11.7. The van der Waals surface area contributed by atoms with Gasteiger partial charge in [-0.1, -0.05) is 0 Å². The van der Waals surface area contributed by atoms with Crippen LogP contribution in [0.3, 0.4) is 0 Å². The minimum absolute atomic E-state index is 0.0704. The van der Waals surface area contributed by atoms with Gasteiger partial charge < -0.3 is 10.6 Å². The Hall–Kier alpha value is -1.03. The highest BCUT2D eigenvalue weighted by atomic mass is 32.1. The van der Waals surface area contributed by atoms with Gasteiger partial charge in [-0.3, -0.25) is 0 Å². The van der Waals surface area contributed by atoms with Crippen LogP contribution in [0.1, 0.15) is 39.2 Å². The van der Waals surface area contributed by atoms with Crippen molar-refractivity contribution in [3.63, 3.8) is 0 Å². The van der Waals surface area contributed by atoms with E-state index in [1.165, 1.54) is 18.4 Å². The van der Waals surface area contributed by atoms with Crippen LogP contribution in [0, 0.1) is 0 Å². The van der Waals surface area contributed by atoms with Crippen molar-refractivity contribution in [2.24, 2.45) is 0 Å². The molecule has 0 saturated heterocycles. The van der Waals surface area contributed by atoms with Gasteiger partial charge in [0.25, 0.3) is 0 Å². The van der Waals surface area contributed by atoms with Crippen molar-refractivity contribution in [1.29, 1.82) is 0 Å². The Bertz CT molecular complexity index is 388. The van der Waals surface area contributed by atoms with Gasteiger partial charge in [0.1, 0.15) is 0 Å². The highest BCUT2D eigenvalue weighted by Crippen LogP contribution is 2.48. The van der Waals surface area contributed by atoms with Gasteiger partial charge in [-0.2, -0.15) is 11.3 Å². The van der Waals surface area contributed by atoms with Crippen LogP contribution in [0.5, 0.6) is 0 Å². The first-order chi connectivity index (χ1) is 7.91. The predicted octanol–water partition coefficient (Wildman–Crippen LogP) is 2.88. The Kier molecular flexibility index (Phi) is 3.17. The highest BCUT2D eigenvalue weighted by Gasteiger charge is 2.44. The number of thiophene rings is 1. The molecule has 94 valence electrons. The summed E-state index contributed by atoms with van der Waals surface area (Å²) in [6.45, 7) is 6.70. The molecule has 1 saturated carbocycles. The molecule has 2 N–H and O–H groups in total. The van der Waals surface area contributed by atoms with Gasteiger partial charge in [0.15, 0.2) is 0 Å². The number of amides is 2. The summed E-state index contributed by atoms with van der Waals surface area (Å²) in [5.74, 6) is 0. The second kappa shape index (κ2) is 4.33. The fraction of sp³-hybridized carbons (Fsp3) is 0.615. The molecular formula is C13H20N2OS. The molecule has 1 aliphatic rings. The lowest BCUT2D eigenvalue weighted by molar-refractivity contribution is 0.231. The Morgan fingerprint density at radius 2 is 2.18 bits per heavy atom. The van der Waals surface area contributed by atoms with Gasteiger partial charge in [0.05, 0.1) is 0 Å². The molecule has 1 fully saturated rings. The van der Waals surface area contributed by atoms with E-state index in [0.29, 0.717) is 0 Å². The van der Waals surface area contributed by atoms with E-state index in [-0.39, 0.29) is 17.0 Å². The second-order valence-electron chi connectivity index (χ2n) is 5.85. The topological polar surface area (TPSA) is 41.1 Å². The van der Waals surface area contributed by atoms with Gasteiger partial charge in [-0.05, 0) is 56.0 Å². The zero-order chi connectivity index (χ0) is 12.5. The highest BCUT2D eigenvalue weighted by molar-refractivity contribution is 7.08. The molecule has 1 aromatic rings. The Morgan fingerprint density at radius 3 is 2.65 bits per heavy atom. The zero-order valence-electron chi connectivity index (χ0n) is 10.7. The van der Waals surface area contributed by atoms with Crippen molar-refractivity contribution in [2.45, 2.75) is 44.6 Å². The Balaban J connectivity index is 1.85. The summed E-state index contributed by atoms with van der Waals surface area (Å²) in [4.78, 5) is 11.7. The van der Waals surface area contributed by atoms with Crippen LogP contribution in [0.2, 0.25) is 0 Å². The van der Waals surface area contributed by atoms with E-state index in [0.717, 1.165) is 6.54 Å². The van der Waals surface area contributed by atoms with E-state index >= 15 is 0 Å². The van der Waals surface area contributed by atoms with Gasteiger partial charge in [0.2, 0.25) is 0 Å². The molecule has 17 heavy (non-hydrogen) atoms. The first-order valence-corrected chi connectivity index (χ1v) is 6.94. The zero-order valence-corrected chi connectivity index (χ0v) is 11.5. The summed E-state index contributed by atoms with van der Waals surface area (Å²) in [5.41, 5.74) is 1.41. The third-order valence-electron chi connectivity index (χ3n) is 3.06. The van der Waals surface area contributed by atoms with Crippen LogP contribution < -0.4 is 10.6 Å². The molecule has 1 aromatic heterocycles. The summed E-state index contributed by atoms with van der Waals surface area (Å²) < 4.78 is 0. The molecule has 0 spiro atoms. The van der Waals surface area contributed by atoms with Crippen molar-refractivity contribution in [2.75, 3.05) is 6.54 Å². The lowest BCUT2D eigenvalue weighted by atomic mass is 9.99. The van der Waals surface area contributed by atoms with E-state index in [2.05, 4.69) is 27.5 Å². The van der Waals surface area contributed by atoms with Crippen LogP contribution in [0.4, 0.5) is 4.79 Å². The van der Waals surface area contributed by atoms with Gasteiger partial charge in [-0.15, -0.1) is 0 Å². The van der Waals surface area contributed by atoms with E-state index < -0.39 is 0 Å².